The molecule has 0 spiro atoms. The zero-order chi connectivity index (χ0) is 20.4. The van der Waals surface area contributed by atoms with Crippen molar-refractivity contribution in [3.63, 3.8) is 0 Å². The van der Waals surface area contributed by atoms with Gasteiger partial charge in [0.25, 0.3) is 0 Å². The fraction of sp³-hybridized carbons (Fsp3) is 0.381. The fourth-order valence-corrected chi connectivity index (χ4v) is 3.71. The van der Waals surface area contributed by atoms with Gasteiger partial charge in [-0.1, -0.05) is 30.3 Å². The zero-order valence-corrected chi connectivity index (χ0v) is 15.6. The van der Waals surface area contributed by atoms with Crippen molar-refractivity contribution in [2.24, 2.45) is 0 Å². The number of benzene rings is 2. The van der Waals surface area contributed by atoms with Gasteiger partial charge in [-0.05, 0) is 30.2 Å². The van der Waals surface area contributed by atoms with Gasteiger partial charge in [0.05, 0.1) is 22.4 Å². The molecule has 0 saturated carbocycles. The van der Waals surface area contributed by atoms with Crippen LogP contribution in [0, 0.1) is 11.3 Å². The maximum absolute atomic E-state index is 12.9. The Kier molecular flexibility index (Phi) is 5.64. The molecule has 148 valence electrons. The van der Waals surface area contributed by atoms with Gasteiger partial charge in [-0.25, -0.2) is 0 Å². The second-order valence-electron chi connectivity index (χ2n) is 7.37. The normalized spacial score (nSPS) is 20.1. The number of nitrogens with zero attached hydrogens (tertiary/aromatic N) is 3. The van der Waals surface area contributed by atoms with Crippen molar-refractivity contribution in [2.75, 3.05) is 31.6 Å². The summed E-state index contributed by atoms with van der Waals surface area (Å²) in [6.45, 7) is 2.17. The highest BCUT2D eigenvalue weighted by molar-refractivity contribution is 5.60. The Morgan fingerprint density at radius 3 is 2.57 bits per heavy atom. The van der Waals surface area contributed by atoms with Crippen LogP contribution in [0.25, 0.3) is 0 Å². The third-order valence-electron chi connectivity index (χ3n) is 5.05. The van der Waals surface area contributed by atoms with E-state index in [1.165, 1.54) is 6.07 Å². The van der Waals surface area contributed by atoms with Crippen molar-refractivity contribution in [3.05, 3.63) is 65.2 Å². The third kappa shape index (κ3) is 4.64. The van der Waals surface area contributed by atoms with Crippen LogP contribution >= 0.6 is 0 Å². The summed E-state index contributed by atoms with van der Waals surface area (Å²) in [5.41, 5.74) is -0.353. The Hall–Kier alpha value is -2.56. The minimum absolute atomic E-state index is 0.0555. The number of hydrogen-bond acceptors (Lipinski definition) is 4. The minimum atomic E-state index is -4.50. The largest absolute Gasteiger partial charge is 0.416 e. The summed E-state index contributed by atoms with van der Waals surface area (Å²) in [4.78, 5) is 3.81. The fourth-order valence-electron chi connectivity index (χ4n) is 3.71. The first-order chi connectivity index (χ1) is 13.2. The molecule has 1 atom stereocenters. The van der Waals surface area contributed by atoms with Crippen molar-refractivity contribution >= 4 is 5.69 Å². The zero-order valence-electron chi connectivity index (χ0n) is 15.6. The van der Waals surface area contributed by atoms with E-state index in [-0.39, 0.29) is 12.1 Å². The maximum atomic E-state index is 12.9. The monoisotopic (exact) mass is 389 g/mol. The summed E-state index contributed by atoms with van der Waals surface area (Å²) in [5.74, 6) is 0. The van der Waals surface area contributed by atoms with Crippen LogP contribution in [0.5, 0.6) is 0 Å². The molecule has 1 aliphatic heterocycles. The van der Waals surface area contributed by atoms with Crippen LogP contribution in [-0.2, 0) is 12.7 Å². The van der Waals surface area contributed by atoms with E-state index in [9.17, 15) is 23.5 Å². The van der Waals surface area contributed by atoms with Crippen molar-refractivity contribution in [1.29, 1.82) is 5.26 Å². The number of hydrogen-bond donors (Lipinski definition) is 1. The first-order valence-electron chi connectivity index (χ1n) is 9.01. The Balaban J connectivity index is 1.69. The predicted octanol–water partition coefficient (Wildman–Crippen LogP) is 3.65. The highest BCUT2D eigenvalue weighted by atomic mass is 19.4. The quantitative estimate of drug-likeness (QED) is 0.848. The van der Waals surface area contributed by atoms with Crippen LogP contribution < -0.4 is 4.90 Å². The summed E-state index contributed by atoms with van der Waals surface area (Å²) < 4.78 is 38.6. The predicted molar refractivity (Wildman–Crippen MR) is 101 cm³/mol. The third-order valence-corrected chi connectivity index (χ3v) is 5.05. The summed E-state index contributed by atoms with van der Waals surface area (Å²) in [6, 6.07) is 14.9. The number of likely N-dealkylation sites (N-methyl/N-ethyl adjacent to an activating group) is 1. The maximum Gasteiger partial charge on any atom is 0.416 e. The molecule has 7 heteroatoms. The molecule has 0 amide bonds. The molecule has 28 heavy (non-hydrogen) atoms. The van der Waals surface area contributed by atoms with E-state index in [2.05, 4.69) is 4.90 Å². The highest BCUT2D eigenvalue weighted by Gasteiger charge is 2.37. The number of nitriles is 1. The SMILES string of the molecule is CN(CC1(O)CCN(Cc2ccccc2)C1)c1ccc(C(F)(F)F)cc1C#N. The Bertz CT molecular complexity index is 863. The summed E-state index contributed by atoms with van der Waals surface area (Å²) >= 11 is 0. The van der Waals surface area contributed by atoms with Crippen LogP contribution in [0.4, 0.5) is 18.9 Å². The Morgan fingerprint density at radius 1 is 1.21 bits per heavy atom. The van der Waals surface area contributed by atoms with Crippen LogP contribution in [0.15, 0.2) is 48.5 Å². The van der Waals surface area contributed by atoms with Crippen molar-refractivity contribution < 1.29 is 18.3 Å². The average molecular weight is 389 g/mol. The van der Waals surface area contributed by atoms with Gasteiger partial charge in [-0.2, -0.15) is 18.4 Å². The molecule has 0 aliphatic carbocycles. The van der Waals surface area contributed by atoms with E-state index >= 15 is 0 Å². The van der Waals surface area contributed by atoms with Crippen molar-refractivity contribution in [3.8, 4) is 6.07 Å². The lowest BCUT2D eigenvalue weighted by Gasteiger charge is -2.31. The lowest BCUT2D eigenvalue weighted by molar-refractivity contribution is -0.137. The molecule has 1 saturated heterocycles. The van der Waals surface area contributed by atoms with E-state index in [4.69, 9.17) is 0 Å². The number of halogens is 3. The summed E-state index contributed by atoms with van der Waals surface area (Å²) in [5, 5.41) is 20.2. The van der Waals surface area contributed by atoms with Gasteiger partial charge in [0, 0.05) is 33.2 Å². The molecule has 4 nitrogen and oxygen atoms in total. The molecule has 1 N–H and O–H groups in total. The first kappa shape index (κ1) is 20.2. The van der Waals surface area contributed by atoms with Gasteiger partial charge >= 0.3 is 6.18 Å². The van der Waals surface area contributed by atoms with Crippen LogP contribution in [0.2, 0.25) is 0 Å². The number of rotatable bonds is 5. The standard InChI is InChI=1S/C21H22F3N3O/c1-26(19-8-7-18(21(22,23)24)11-17(19)12-25)14-20(28)9-10-27(15-20)13-16-5-3-2-4-6-16/h2-8,11,28H,9-10,13-15H2,1H3. The number of β-amino-alcohol motifs (C(OH)–C–C–N with tert-alkyl or cyclic N) is 1. The number of aliphatic hydroxyl groups is 1. The van der Waals surface area contributed by atoms with Crippen LogP contribution in [0.1, 0.15) is 23.1 Å². The molecule has 1 aliphatic rings. The molecule has 2 aromatic carbocycles. The van der Waals surface area contributed by atoms with Gasteiger partial charge in [-0.15, -0.1) is 0 Å². The molecule has 0 bridgehead atoms. The number of anilines is 1. The van der Waals surface area contributed by atoms with Gasteiger partial charge in [0.15, 0.2) is 0 Å². The molecular weight excluding hydrogens is 367 g/mol. The molecule has 0 aromatic heterocycles. The van der Waals surface area contributed by atoms with Crippen LogP contribution in [-0.4, -0.2) is 42.3 Å². The molecule has 1 fully saturated rings. The molecule has 3 rings (SSSR count). The van der Waals surface area contributed by atoms with E-state index in [1.807, 2.05) is 36.4 Å². The van der Waals surface area contributed by atoms with E-state index in [0.29, 0.717) is 18.7 Å². The molecule has 0 radical (unpaired) electrons. The van der Waals surface area contributed by atoms with Gasteiger partial charge < -0.3 is 10.0 Å². The Morgan fingerprint density at radius 2 is 1.93 bits per heavy atom. The average Bonchev–Trinajstić information content (AvgIpc) is 3.01. The van der Waals surface area contributed by atoms with E-state index in [1.54, 1.807) is 11.9 Å². The minimum Gasteiger partial charge on any atom is -0.387 e. The number of alkyl halides is 3. The summed E-state index contributed by atoms with van der Waals surface area (Å²) in [7, 11) is 1.68. The molecule has 1 unspecified atom stereocenters. The topological polar surface area (TPSA) is 50.5 Å². The van der Waals surface area contributed by atoms with E-state index in [0.717, 1.165) is 30.8 Å². The second-order valence-corrected chi connectivity index (χ2v) is 7.37. The van der Waals surface area contributed by atoms with Gasteiger partial charge in [-0.3, -0.25) is 4.90 Å². The van der Waals surface area contributed by atoms with Crippen molar-refractivity contribution in [2.45, 2.75) is 24.7 Å². The van der Waals surface area contributed by atoms with Crippen molar-refractivity contribution in [1.82, 2.24) is 4.90 Å². The van der Waals surface area contributed by atoms with Crippen LogP contribution in [0.3, 0.4) is 0 Å². The molecule has 1 heterocycles. The van der Waals surface area contributed by atoms with Gasteiger partial charge in [0.1, 0.15) is 6.07 Å². The summed E-state index contributed by atoms with van der Waals surface area (Å²) in [6.07, 6.45) is -3.93. The Labute approximate surface area is 162 Å². The smallest absolute Gasteiger partial charge is 0.387 e. The molecule has 2 aromatic rings. The highest BCUT2D eigenvalue weighted by Crippen LogP contribution is 2.33. The van der Waals surface area contributed by atoms with Gasteiger partial charge in [0.2, 0.25) is 0 Å². The first-order valence-corrected chi connectivity index (χ1v) is 9.01. The number of likely N-dealkylation sites (tertiary alicyclic amines) is 1. The lowest BCUT2D eigenvalue weighted by atomic mass is 10.0. The second kappa shape index (κ2) is 7.82. The lowest BCUT2D eigenvalue weighted by Crippen LogP contribution is -2.44. The van der Waals surface area contributed by atoms with E-state index < -0.39 is 17.3 Å². The molecular formula is C21H22F3N3O.